The van der Waals surface area contributed by atoms with Gasteiger partial charge < -0.3 is 15.9 Å². The predicted molar refractivity (Wildman–Crippen MR) is 47.8 cm³/mol. The minimum atomic E-state index is -1.04. The van der Waals surface area contributed by atoms with Crippen LogP contribution in [0.15, 0.2) is 0 Å². The molecule has 1 aliphatic heterocycles. The highest BCUT2D eigenvalue weighted by Crippen LogP contribution is 2.17. The molecule has 1 saturated heterocycles. The molecule has 0 spiro atoms. The van der Waals surface area contributed by atoms with Gasteiger partial charge in [-0.05, 0) is 12.8 Å². The molecule has 1 heterocycles. The van der Waals surface area contributed by atoms with Gasteiger partial charge in [-0.15, -0.1) is 0 Å². The molecule has 0 aromatic heterocycles. The number of carbonyl (C=O) groups is 2. The highest BCUT2D eigenvalue weighted by Gasteiger charge is 2.33. The fourth-order valence-corrected chi connectivity index (χ4v) is 1.42. The van der Waals surface area contributed by atoms with Gasteiger partial charge in [-0.2, -0.15) is 0 Å². The summed E-state index contributed by atoms with van der Waals surface area (Å²) < 4.78 is 0. The van der Waals surface area contributed by atoms with Gasteiger partial charge in [0.1, 0.15) is 12.1 Å². The molecule has 1 aliphatic rings. The van der Waals surface area contributed by atoms with Gasteiger partial charge in [-0.25, -0.2) is 0 Å². The largest absolute Gasteiger partial charge is 0.480 e. The molecule has 0 aromatic carbocycles. The zero-order valence-electron chi connectivity index (χ0n) is 7.72. The minimum Gasteiger partial charge on any atom is -0.480 e. The van der Waals surface area contributed by atoms with E-state index in [2.05, 4.69) is 0 Å². The molecule has 14 heavy (non-hydrogen) atoms. The van der Waals surface area contributed by atoms with Crippen LogP contribution < -0.4 is 5.73 Å². The quantitative estimate of drug-likeness (QED) is 0.525. The summed E-state index contributed by atoms with van der Waals surface area (Å²) in [4.78, 5) is 22.7. The van der Waals surface area contributed by atoms with E-state index in [1.165, 1.54) is 0 Å². The molecule has 0 aliphatic carbocycles. The van der Waals surface area contributed by atoms with Crippen molar-refractivity contribution in [2.75, 3.05) is 13.1 Å². The summed E-state index contributed by atoms with van der Waals surface area (Å²) in [5, 5.41) is 17.2. The third-order valence-corrected chi connectivity index (χ3v) is 2.46. The Morgan fingerprint density at radius 1 is 1.50 bits per heavy atom. The van der Waals surface area contributed by atoms with Crippen molar-refractivity contribution in [1.82, 2.24) is 4.90 Å². The third-order valence-electron chi connectivity index (χ3n) is 2.46. The van der Waals surface area contributed by atoms with E-state index in [4.69, 9.17) is 15.9 Å². The van der Waals surface area contributed by atoms with E-state index >= 15 is 0 Å². The predicted octanol–water partition coefficient (Wildman–Crippen LogP) is -1.05. The van der Waals surface area contributed by atoms with Crippen LogP contribution in [-0.2, 0) is 9.59 Å². The Bertz CT molecular complexity index is 243. The first-order chi connectivity index (χ1) is 6.52. The Hall–Kier alpha value is -1.14. The Kier molecular flexibility index (Phi) is 3.43. The van der Waals surface area contributed by atoms with Crippen LogP contribution >= 0.6 is 0 Å². The zero-order chi connectivity index (χ0) is 10.7. The first-order valence-corrected chi connectivity index (χ1v) is 4.47. The van der Waals surface area contributed by atoms with Gasteiger partial charge in [0.15, 0.2) is 0 Å². The first kappa shape index (κ1) is 10.9. The SMILES string of the molecule is N[C@@H](CCN1CC[C@@H]1C(=O)O)C(=O)O. The fraction of sp³-hybridized carbons (Fsp3) is 0.750. The number of hydrogen-bond acceptors (Lipinski definition) is 4. The van der Waals surface area contributed by atoms with Crippen LogP contribution in [0, 0.1) is 0 Å². The van der Waals surface area contributed by atoms with Gasteiger partial charge in [0, 0.05) is 13.1 Å². The van der Waals surface area contributed by atoms with Crippen LogP contribution in [-0.4, -0.2) is 52.2 Å². The molecule has 0 bridgehead atoms. The normalized spacial score (nSPS) is 23.9. The molecule has 0 radical (unpaired) electrons. The summed E-state index contributed by atoms with van der Waals surface area (Å²) in [5.41, 5.74) is 5.29. The Balaban J connectivity index is 2.26. The second-order valence-electron chi connectivity index (χ2n) is 3.41. The summed E-state index contributed by atoms with van der Waals surface area (Å²) in [6, 6.07) is -1.35. The van der Waals surface area contributed by atoms with E-state index < -0.39 is 24.0 Å². The van der Waals surface area contributed by atoms with E-state index in [1.54, 1.807) is 4.90 Å². The number of aliphatic carboxylic acids is 2. The van der Waals surface area contributed by atoms with Crippen molar-refractivity contribution in [3.63, 3.8) is 0 Å². The average Bonchev–Trinajstić information content (AvgIpc) is 2.00. The average molecular weight is 202 g/mol. The van der Waals surface area contributed by atoms with Crippen molar-refractivity contribution < 1.29 is 19.8 Å². The monoisotopic (exact) mass is 202 g/mol. The zero-order valence-corrected chi connectivity index (χ0v) is 7.72. The van der Waals surface area contributed by atoms with Crippen LogP contribution in [0.1, 0.15) is 12.8 Å². The lowest BCUT2D eigenvalue weighted by molar-refractivity contribution is -0.148. The molecule has 4 N–H and O–H groups in total. The molecular weight excluding hydrogens is 188 g/mol. The van der Waals surface area contributed by atoms with Crippen LogP contribution in [0.25, 0.3) is 0 Å². The van der Waals surface area contributed by atoms with Gasteiger partial charge >= 0.3 is 11.9 Å². The number of hydrogen-bond donors (Lipinski definition) is 3. The molecular formula is C8H14N2O4. The second kappa shape index (κ2) is 4.39. The summed E-state index contributed by atoms with van der Waals surface area (Å²) in [7, 11) is 0. The standard InChI is InChI=1S/C8H14N2O4/c9-5(7(11)12)1-3-10-4-2-6(10)8(13)14/h5-6H,1-4,9H2,(H,11,12)(H,13,14)/t5-,6+/m0/s1. The lowest BCUT2D eigenvalue weighted by Crippen LogP contribution is -2.53. The molecule has 0 aromatic rings. The van der Waals surface area contributed by atoms with Crippen LogP contribution in [0.2, 0.25) is 0 Å². The number of carboxylic acids is 2. The maximum atomic E-state index is 10.6. The van der Waals surface area contributed by atoms with Gasteiger partial charge in [-0.3, -0.25) is 14.5 Å². The lowest BCUT2D eigenvalue weighted by Gasteiger charge is -2.38. The van der Waals surface area contributed by atoms with Gasteiger partial charge in [0.25, 0.3) is 0 Å². The van der Waals surface area contributed by atoms with E-state index in [1.807, 2.05) is 0 Å². The lowest BCUT2D eigenvalue weighted by atomic mass is 10.0. The minimum absolute atomic E-state index is 0.291. The van der Waals surface area contributed by atoms with Crippen molar-refractivity contribution in [1.29, 1.82) is 0 Å². The third kappa shape index (κ3) is 2.43. The van der Waals surface area contributed by atoms with E-state index in [-0.39, 0.29) is 0 Å². The van der Waals surface area contributed by atoms with Gasteiger partial charge in [0.2, 0.25) is 0 Å². The number of nitrogens with zero attached hydrogens (tertiary/aromatic N) is 1. The van der Waals surface area contributed by atoms with Crippen LogP contribution in [0.3, 0.4) is 0 Å². The van der Waals surface area contributed by atoms with Crippen molar-refractivity contribution >= 4 is 11.9 Å². The molecule has 1 fully saturated rings. The molecule has 0 saturated carbocycles. The maximum Gasteiger partial charge on any atom is 0.320 e. The summed E-state index contributed by atoms with van der Waals surface area (Å²) in [6.07, 6.45) is 0.927. The van der Waals surface area contributed by atoms with Crippen molar-refractivity contribution in [3.05, 3.63) is 0 Å². The molecule has 0 unspecified atom stereocenters. The number of nitrogens with two attached hydrogens (primary N) is 1. The van der Waals surface area contributed by atoms with Gasteiger partial charge in [-0.1, -0.05) is 0 Å². The molecule has 6 heteroatoms. The second-order valence-corrected chi connectivity index (χ2v) is 3.41. The molecule has 2 atom stereocenters. The summed E-state index contributed by atoms with van der Waals surface area (Å²) >= 11 is 0. The Labute approximate surface area is 81.3 Å². The van der Waals surface area contributed by atoms with E-state index in [0.29, 0.717) is 25.9 Å². The first-order valence-electron chi connectivity index (χ1n) is 4.47. The molecule has 1 rings (SSSR count). The molecule has 80 valence electrons. The maximum absolute atomic E-state index is 10.6. The van der Waals surface area contributed by atoms with E-state index in [9.17, 15) is 9.59 Å². The van der Waals surface area contributed by atoms with Crippen molar-refractivity contribution in [2.24, 2.45) is 5.73 Å². The highest BCUT2D eigenvalue weighted by atomic mass is 16.4. The highest BCUT2D eigenvalue weighted by molar-refractivity contribution is 5.74. The van der Waals surface area contributed by atoms with E-state index in [0.717, 1.165) is 0 Å². The van der Waals surface area contributed by atoms with Crippen LogP contribution in [0.5, 0.6) is 0 Å². The number of likely N-dealkylation sites (tertiary alicyclic amines) is 1. The van der Waals surface area contributed by atoms with Crippen LogP contribution in [0.4, 0.5) is 0 Å². The smallest absolute Gasteiger partial charge is 0.320 e. The molecule has 6 nitrogen and oxygen atoms in total. The fourth-order valence-electron chi connectivity index (χ4n) is 1.42. The topological polar surface area (TPSA) is 104 Å². The summed E-state index contributed by atoms with van der Waals surface area (Å²) in [5.74, 6) is -1.89. The summed E-state index contributed by atoms with van der Waals surface area (Å²) in [6.45, 7) is 1.15. The van der Waals surface area contributed by atoms with Crippen molar-refractivity contribution in [2.45, 2.75) is 24.9 Å². The van der Waals surface area contributed by atoms with Gasteiger partial charge in [0.05, 0.1) is 0 Å². The van der Waals surface area contributed by atoms with Crippen molar-refractivity contribution in [3.8, 4) is 0 Å². The Morgan fingerprint density at radius 2 is 2.14 bits per heavy atom. The Morgan fingerprint density at radius 3 is 2.50 bits per heavy atom. The number of rotatable bonds is 5. The molecule has 0 amide bonds. The number of carboxylic acid groups (broad SMARTS) is 2.